The van der Waals surface area contributed by atoms with Crippen molar-refractivity contribution in [1.82, 2.24) is 0 Å². The average Bonchev–Trinajstić information content (AvgIpc) is 2.56. The lowest BCUT2D eigenvalue weighted by atomic mass is 10.1. The predicted octanol–water partition coefficient (Wildman–Crippen LogP) is 2.13. The number of hydrogen-bond acceptors (Lipinski definition) is 4. The number of primary amides is 1. The van der Waals surface area contributed by atoms with Crippen LogP contribution >= 0.6 is 0 Å². The summed E-state index contributed by atoms with van der Waals surface area (Å²) in [5.41, 5.74) is 6.56. The van der Waals surface area contributed by atoms with Crippen molar-refractivity contribution in [3.63, 3.8) is 0 Å². The van der Waals surface area contributed by atoms with E-state index >= 15 is 0 Å². The molecule has 0 bridgehead atoms. The Morgan fingerprint density at radius 2 is 1.54 bits per heavy atom. The highest BCUT2D eigenvalue weighted by Gasteiger charge is 2.05. The van der Waals surface area contributed by atoms with Crippen LogP contribution in [-0.2, 0) is 16.0 Å². The summed E-state index contributed by atoms with van der Waals surface area (Å²) in [6.07, 6.45) is 0.176. The van der Waals surface area contributed by atoms with E-state index in [1.807, 2.05) is 6.92 Å². The van der Waals surface area contributed by atoms with Crippen LogP contribution in [0.4, 0.5) is 5.69 Å². The second kappa shape index (κ2) is 8.57. The molecule has 0 atom stereocenters. The van der Waals surface area contributed by atoms with Crippen molar-refractivity contribution in [3.05, 3.63) is 54.1 Å². The average molecular weight is 328 g/mol. The summed E-state index contributed by atoms with van der Waals surface area (Å²) >= 11 is 0. The molecule has 2 amide bonds. The molecule has 0 saturated heterocycles. The lowest BCUT2D eigenvalue weighted by Crippen LogP contribution is -2.20. The third-order valence-electron chi connectivity index (χ3n) is 3.12. The van der Waals surface area contributed by atoms with Gasteiger partial charge in [-0.3, -0.25) is 9.59 Å². The number of amides is 2. The van der Waals surface area contributed by atoms with Crippen molar-refractivity contribution in [2.45, 2.75) is 13.3 Å². The first kappa shape index (κ1) is 17.3. The van der Waals surface area contributed by atoms with E-state index < -0.39 is 5.91 Å². The van der Waals surface area contributed by atoms with Crippen molar-refractivity contribution in [2.75, 3.05) is 18.5 Å². The van der Waals surface area contributed by atoms with Gasteiger partial charge in [-0.05, 0) is 48.9 Å². The zero-order chi connectivity index (χ0) is 17.4. The first-order chi connectivity index (χ1) is 11.6. The van der Waals surface area contributed by atoms with E-state index in [0.29, 0.717) is 18.0 Å². The zero-order valence-electron chi connectivity index (χ0n) is 13.5. The van der Waals surface area contributed by atoms with Gasteiger partial charge in [0.15, 0.2) is 6.61 Å². The lowest BCUT2D eigenvalue weighted by molar-refractivity contribution is -0.118. The Hall–Kier alpha value is -3.02. The summed E-state index contributed by atoms with van der Waals surface area (Å²) in [6, 6.07) is 14.0. The quantitative estimate of drug-likeness (QED) is 0.776. The van der Waals surface area contributed by atoms with E-state index in [1.165, 1.54) is 0 Å². The number of carbonyl (C=O) groups is 2. The van der Waals surface area contributed by atoms with E-state index in [9.17, 15) is 9.59 Å². The summed E-state index contributed by atoms with van der Waals surface area (Å²) in [7, 11) is 0. The van der Waals surface area contributed by atoms with Crippen molar-refractivity contribution in [3.8, 4) is 11.5 Å². The molecule has 0 fully saturated rings. The molecule has 0 heterocycles. The number of ether oxygens (including phenoxy) is 2. The maximum Gasteiger partial charge on any atom is 0.262 e. The standard InChI is InChI=1S/C18H20N2O4/c1-2-23-15-7-9-16(10-8-15)24-12-18(22)20-14-5-3-13(4-6-14)11-17(19)21/h3-10H,2,11-12H2,1H3,(H2,19,21)(H,20,22). The summed E-state index contributed by atoms with van der Waals surface area (Å²) in [5.74, 6) is 0.679. The van der Waals surface area contributed by atoms with Gasteiger partial charge in [0.1, 0.15) is 11.5 Å². The number of nitrogens with two attached hydrogens (primary N) is 1. The van der Waals surface area contributed by atoms with Gasteiger partial charge < -0.3 is 20.5 Å². The Morgan fingerprint density at radius 1 is 0.958 bits per heavy atom. The molecule has 24 heavy (non-hydrogen) atoms. The molecule has 0 aliphatic carbocycles. The SMILES string of the molecule is CCOc1ccc(OCC(=O)Nc2ccc(CC(N)=O)cc2)cc1. The van der Waals surface area contributed by atoms with Gasteiger partial charge in [-0.1, -0.05) is 12.1 Å². The van der Waals surface area contributed by atoms with E-state index in [2.05, 4.69) is 5.32 Å². The molecule has 0 aliphatic rings. The highest BCUT2D eigenvalue weighted by Crippen LogP contribution is 2.17. The van der Waals surface area contributed by atoms with E-state index in [-0.39, 0.29) is 18.9 Å². The van der Waals surface area contributed by atoms with Crippen molar-refractivity contribution < 1.29 is 19.1 Å². The van der Waals surface area contributed by atoms with Crippen LogP contribution in [0.1, 0.15) is 12.5 Å². The van der Waals surface area contributed by atoms with Gasteiger partial charge in [-0.2, -0.15) is 0 Å². The number of hydrogen-bond donors (Lipinski definition) is 2. The van der Waals surface area contributed by atoms with Crippen LogP contribution in [0.2, 0.25) is 0 Å². The molecule has 2 aromatic rings. The maximum atomic E-state index is 11.9. The molecule has 6 nitrogen and oxygen atoms in total. The fraction of sp³-hybridized carbons (Fsp3) is 0.222. The molecule has 0 aliphatic heterocycles. The van der Waals surface area contributed by atoms with Gasteiger partial charge in [-0.15, -0.1) is 0 Å². The van der Waals surface area contributed by atoms with E-state index in [4.69, 9.17) is 15.2 Å². The molecule has 0 aromatic heterocycles. The fourth-order valence-electron chi connectivity index (χ4n) is 2.05. The number of rotatable bonds is 8. The normalized spacial score (nSPS) is 10.0. The monoisotopic (exact) mass is 328 g/mol. The number of carbonyl (C=O) groups excluding carboxylic acids is 2. The Bertz CT molecular complexity index is 681. The predicted molar refractivity (Wildman–Crippen MR) is 91.1 cm³/mol. The molecular formula is C18H20N2O4. The Morgan fingerprint density at radius 3 is 2.08 bits per heavy atom. The van der Waals surface area contributed by atoms with Crippen LogP contribution in [0.25, 0.3) is 0 Å². The minimum Gasteiger partial charge on any atom is -0.494 e. The van der Waals surface area contributed by atoms with Crippen LogP contribution in [0.3, 0.4) is 0 Å². The van der Waals surface area contributed by atoms with Gasteiger partial charge in [-0.25, -0.2) is 0 Å². The highest BCUT2D eigenvalue weighted by atomic mass is 16.5. The zero-order valence-corrected chi connectivity index (χ0v) is 13.5. The minimum absolute atomic E-state index is 0.100. The molecule has 3 N–H and O–H groups in total. The third kappa shape index (κ3) is 5.64. The largest absolute Gasteiger partial charge is 0.494 e. The molecule has 0 spiro atoms. The highest BCUT2D eigenvalue weighted by molar-refractivity contribution is 5.91. The molecule has 126 valence electrons. The van der Waals surface area contributed by atoms with Crippen LogP contribution in [0.5, 0.6) is 11.5 Å². The topological polar surface area (TPSA) is 90.7 Å². The molecule has 2 rings (SSSR count). The van der Waals surface area contributed by atoms with Gasteiger partial charge in [0.25, 0.3) is 5.91 Å². The van der Waals surface area contributed by atoms with Crippen LogP contribution in [0.15, 0.2) is 48.5 Å². The van der Waals surface area contributed by atoms with Crippen LogP contribution in [-0.4, -0.2) is 25.0 Å². The van der Waals surface area contributed by atoms with Gasteiger partial charge in [0.2, 0.25) is 5.91 Å². The second-order valence-electron chi connectivity index (χ2n) is 5.08. The number of anilines is 1. The molecule has 2 aromatic carbocycles. The smallest absolute Gasteiger partial charge is 0.262 e. The van der Waals surface area contributed by atoms with Crippen molar-refractivity contribution in [1.29, 1.82) is 0 Å². The van der Waals surface area contributed by atoms with E-state index in [1.54, 1.807) is 48.5 Å². The first-order valence-corrected chi connectivity index (χ1v) is 7.59. The Labute approximate surface area is 140 Å². The molecule has 6 heteroatoms. The molecule has 0 saturated carbocycles. The summed E-state index contributed by atoms with van der Waals surface area (Å²) in [5, 5.41) is 2.72. The summed E-state index contributed by atoms with van der Waals surface area (Å²) < 4.78 is 10.8. The lowest BCUT2D eigenvalue weighted by Gasteiger charge is -2.09. The molecule has 0 unspecified atom stereocenters. The Kier molecular flexibility index (Phi) is 6.19. The third-order valence-corrected chi connectivity index (χ3v) is 3.12. The maximum absolute atomic E-state index is 11.9. The van der Waals surface area contributed by atoms with Crippen LogP contribution < -0.4 is 20.5 Å². The van der Waals surface area contributed by atoms with E-state index in [0.717, 1.165) is 11.3 Å². The molecule has 0 radical (unpaired) electrons. The molecular weight excluding hydrogens is 308 g/mol. The Balaban J connectivity index is 1.81. The van der Waals surface area contributed by atoms with Gasteiger partial charge in [0, 0.05) is 5.69 Å². The van der Waals surface area contributed by atoms with Crippen LogP contribution in [0, 0.1) is 0 Å². The number of benzene rings is 2. The van der Waals surface area contributed by atoms with Crippen molar-refractivity contribution in [2.24, 2.45) is 5.73 Å². The number of nitrogens with one attached hydrogen (secondary N) is 1. The fourth-order valence-corrected chi connectivity index (χ4v) is 2.05. The second-order valence-corrected chi connectivity index (χ2v) is 5.08. The van der Waals surface area contributed by atoms with Gasteiger partial charge in [0.05, 0.1) is 13.0 Å². The van der Waals surface area contributed by atoms with Gasteiger partial charge >= 0.3 is 0 Å². The minimum atomic E-state index is -0.393. The van der Waals surface area contributed by atoms with Crippen molar-refractivity contribution >= 4 is 17.5 Å². The summed E-state index contributed by atoms with van der Waals surface area (Å²) in [4.78, 5) is 22.7. The first-order valence-electron chi connectivity index (χ1n) is 7.59. The summed E-state index contributed by atoms with van der Waals surface area (Å²) in [6.45, 7) is 2.41.